The van der Waals surface area contributed by atoms with Crippen molar-refractivity contribution in [2.45, 2.75) is 50.1 Å². The van der Waals surface area contributed by atoms with Crippen LogP contribution in [0, 0.1) is 5.92 Å². The van der Waals surface area contributed by atoms with E-state index in [0.717, 1.165) is 12.8 Å². The lowest BCUT2D eigenvalue weighted by atomic mass is 10.1. The molecule has 1 aromatic carbocycles. The zero-order chi connectivity index (χ0) is 17.3. The van der Waals surface area contributed by atoms with Crippen LogP contribution in [0.15, 0.2) is 29.2 Å². The topological polar surface area (TPSA) is 101 Å². The van der Waals surface area contributed by atoms with Crippen LogP contribution in [-0.2, 0) is 10.0 Å². The van der Waals surface area contributed by atoms with Gasteiger partial charge in [-0.3, -0.25) is 4.79 Å². The Bertz CT molecular complexity index is 659. The van der Waals surface area contributed by atoms with Gasteiger partial charge < -0.3 is 11.1 Å². The van der Waals surface area contributed by atoms with Gasteiger partial charge in [0.1, 0.15) is 0 Å². The minimum atomic E-state index is -3.59. The predicted molar refractivity (Wildman–Crippen MR) is 89.5 cm³/mol. The van der Waals surface area contributed by atoms with Crippen LogP contribution in [0.4, 0.5) is 0 Å². The van der Waals surface area contributed by atoms with E-state index in [9.17, 15) is 13.2 Å². The molecule has 23 heavy (non-hydrogen) atoms. The van der Waals surface area contributed by atoms with E-state index in [2.05, 4.69) is 10.0 Å². The molecule has 0 saturated heterocycles. The third-order valence-corrected chi connectivity index (χ3v) is 5.37. The molecular formula is C16H25N3O3S. The monoisotopic (exact) mass is 339 g/mol. The van der Waals surface area contributed by atoms with Gasteiger partial charge >= 0.3 is 0 Å². The molecule has 1 aromatic rings. The van der Waals surface area contributed by atoms with Gasteiger partial charge in [-0.05, 0) is 63.8 Å². The van der Waals surface area contributed by atoms with E-state index in [-0.39, 0.29) is 16.8 Å². The van der Waals surface area contributed by atoms with Crippen LogP contribution in [0.2, 0.25) is 0 Å². The smallest absolute Gasteiger partial charge is 0.251 e. The van der Waals surface area contributed by atoms with Crippen molar-refractivity contribution in [1.29, 1.82) is 0 Å². The third-order valence-electron chi connectivity index (χ3n) is 3.59. The van der Waals surface area contributed by atoms with E-state index in [1.807, 2.05) is 0 Å². The highest BCUT2D eigenvalue weighted by Gasteiger charge is 2.28. The summed E-state index contributed by atoms with van der Waals surface area (Å²) in [4.78, 5) is 12.2. The van der Waals surface area contributed by atoms with Gasteiger partial charge in [0.15, 0.2) is 0 Å². The van der Waals surface area contributed by atoms with Gasteiger partial charge in [-0.15, -0.1) is 0 Å². The first-order valence-corrected chi connectivity index (χ1v) is 9.25. The van der Waals surface area contributed by atoms with Crippen LogP contribution in [0.25, 0.3) is 0 Å². The van der Waals surface area contributed by atoms with Crippen molar-refractivity contribution >= 4 is 15.9 Å². The molecule has 1 saturated carbocycles. The maximum Gasteiger partial charge on any atom is 0.251 e. The lowest BCUT2D eigenvalue weighted by molar-refractivity contribution is 0.0950. The summed E-state index contributed by atoms with van der Waals surface area (Å²) in [5.41, 5.74) is 5.80. The van der Waals surface area contributed by atoms with Crippen molar-refractivity contribution in [3.8, 4) is 0 Å². The summed E-state index contributed by atoms with van der Waals surface area (Å²) in [6, 6.07) is 5.88. The Kier molecular flexibility index (Phi) is 5.13. The van der Waals surface area contributed by atoms with Crippen molar-refractivity contribution in [2.24, 2.45) is 11.7 Å². The van der Waals surface area contributed by atoms with Crippen LogP contribution < -0.4 is 15.8 Å². The Morgan fingerprint density at radius 1 is 1.26 bits per heavy atom. The molecule has 0 aromatic heterocycles. The van der Waals surface area contributed by atoms with E-state index < -0.39 is 15.6 Å². The average Bonchev–Trinajstić information content (AvgIpc) is 3.26. The van der Waals surface area contributed by atoms with E-state index >= 15 is 0 Å². The highest BCUT2D eigenvalue weighted by atomic mass is 32.2. The SMILES string of the molecule is CC(C)(C)NS(=O)(=O)c1ccc(C(=O)NCC(N)C2CC2)cc1. The number of benzene rings is 1. The Morgan fingerprint density at radius 3 is 2.30 bits per heavy atom. The van der Waals surface area contributed by atoms with Crippen LogP contribution in [-0.4, -0.2) is 32.5 Å². The first kappa shape index (κ1) is 17.9. The summed E-state index contributed by atoms with van der Waals surface area (Å²) < 4.78 is 27.0. The molecule has 0 heterocycles. The highest BCUT2D eigenvalue weighted by Crippen LogP contribution is 2.31. The molecule has 7 heteroatoms. The van der Waals surface area contributed by atoms with Gasteiger partial charge in [0.2, 0.25) is 10.0 Å². The molecule has 128 valence electrons. The average molecular weight is 339 g/mol. The van der Waals surface area contributed by atoms with Gasteiger partial charge in [-0.1, -0.05) is 0 Å². The van der Waals surface area contributed by atoms with Gasteiger partial charge in [0.05, 0.1) is 4.90 Å². The first-order valence-electron chi connectivity index (χ1n) is 7.76. The summed E-state index contributed by atoms with van der Waals surface area (Å²) in [7, 11) is -3.59. The van der Waals surface area contributed by atoms with Gasteiger partial charge in [-0.2, -0.15) is 0 Å². The molecule has 0 aliphatic heterocycles. The maximum atomic E-state index is 12.2. The number of carbonyl (C=O) groups is 1. The van der Waals surface area contributed by atoms with Crippen LogP contribution in [0.5, 0.6) is 0 Å². The molecule has 6 nitrogen and oxygen atoms in total. The second-order valence-corrected chi connectivity index (χ2v) is 8.77. The van der Waals surface area contributed by atoms with E-state index in [1.165, 1.54) is 24.3 Å². The molecule has 1 unspecified atom stereocenters. The number of nitrogens with one attached hydrogen (secondary N) is 2. The zero-order valence-electron chi connectivity index (χ0n) is 13.8. The molecule has 0 radical (unpaired) electrons. The van der Waals surface area contributed by atoms with E-state index in [1.54, 1.807) is 20.8 Å². The van der Waals surface area contributed by atoms with Crippen molar-refractivity contribution < 1.29 is 13.2 Å². The zero-order valence-corrected chi connectivity index (χ0v) is 14.6. The number of hydrogen-bond acceptors (Lipinski definition) is 4. The fourth-order valence-electron chi connectivity index (χ4n) is 2.25. The van der Waals surface area contributed by atoms with E-state index in [4.69, 9.17) is 5.73 Å². The Hall–Kier alpha value is -1.44. The summed E-state index contributed by atoms with van der Waals surface area (Å²) >= 11 is 0. The molecular weight excluding hydrogens is 314 g/mol. The molecule has 4 N–H and O–H groups in total. The van der Waals surface area contributed by atoms with Crippen molar-refractivity contribution in [1.82, 2.24) is 10.0 Å². The van der Waals surface area contributed by atoms with Gasteiger partial charge in [0.25, 0.3) is 5.91 Å². The Morgan fingerprint density at radius 2 is 1.83 bits per heavy atom. The summed E-state index contributed by atoms with van der Waals surface area (Å²) in [5, 5.41) is 2.79. The minimum absolute atomic E-state index is 0.00501. The highest BCUT2D eigenvalue weighted by molar-refractivity contribution is 7.89. The number of amides is 1. The fourth-order valence-corrected chi connectivity index (χ4v) is 3.67. The number of nitrogens with two attached hydrogens (primary N) is 1. The molecule has 1 aliphatic carbocycles. The number of hydrogen-bond donors (Lipinski definition) is 3. The van der Waals surface area contributed by atoms with Crippen molar-refractivity contribution in [2.75, 3.05) is 6.54 Å². The molecule has 1 fully saturated rings. The summed E-state index contributed by atoms with van der Waals surface area (Å²) in [6.45, 7) is 5.76. The largest absolute Gasteiger partial charge is 0.350 e. The first-order chi connectivity index (χ1) is 10.6. The van der Waals surface area contributed by atoms with Crippen LogP contribution >= 0.6 is 0 Å². The molecule has 0 spiro atoms. The number of sulfonamides is 1. The second-order valence-electron chi connectivity index (χ2n) is 7.09. The second kappa shape index (κ2) is 6.59. The minimum Gasteiger partial charge on any atom is -0.350 e. The van der Waals surface area contributed by atoms with Crippen molar-refractivity contribution in [3.05, 3.63) is 29.8 Å². The summed E-state index contributed by atoms with van der Waals surface area (Å²) in [6.07, 6.45) is 2.26. The molecule has 0 bridgehead atoms. The lowest BCUT2D eigenvalue weighted by Crippen LogP contribution is -2.40. The van der Waals surface area contributed by atoms with Crippen molar-refractivity contribution in [3.63, 3.8) is 0 Å². The van der Waals surface area contributed by atoms with Crippen LogP contribution in [0.3, 0.4) is 0 Å². The lowest BCUT2D eigenvalue weighted by Gasteiger charge is -2.20. The van der Waals surface area contributed by atoms with Crippen LogP contribution in [0.1, 0.15) is 44.0 Å². The summed E-state index contributed by atoms with van der Waals surface area (Å²) in [5.74, 6) is 0.278. The molecule has 1 atom stereocenters. The molecule has 1 amide bonds. The van der Waals surface area contributed by atoms with Gasteiger partial charge in [-0.25, -0.2) is 13.1 Å². The maximum absolute atomic E-state index is 12.2. The van der Waals surface area contributed by atoms with E-state index in [0.29, 0.717) is 18.0 Å². The fraction of sp³-hybridized carbons (Fsp3) is 0.562. The normalized spacial score (nSPS) is 16.9. The number of carbonyl (C=O) groups excluding carboxylic acids is 1. The quantitative estimate of drug-likeness (QED) is 0.725. The standard InChI is InChI=1S/C16H25N3O3S/c1-16(2,3)19-23(21,22)13-8-6-12(7-9-13)15(20)18-10-14(17)11-4-5-11/h6-9,11,14,19H,4-5,10,17H2,1-3H3,(H,18,20). The third kappa shape index (κ3) is 5.30. The Balaban J connectivity index is 1.99. The predicted octanol–water partition coefficient (Wildman–Crippen LogP) is 1.23. The Labute approximate surface area is 137 Å². The van der Waals surface area contributed by atoms with Gasteiger partial charge in [0, 0.05) is 23.7 Å². The number of rotatable bonds is 6. The molecule has 1 aliphatic rings. The molecule has 2 rings (SSSR count).